The van der Waals surface area contributed by atoms with Gasteiger partial charge in [0, 0.05) is 37.9 Å². The van der Waals surface area contributed by atoms with Crippen LogP contribution in [0.3, 0.4) is 0 Å². The Morgan fingerprint density at radius 1 is 1.27 bits per heavy atom. The van der Waals surface area contributed by atoms with Crippen molar-refractivity contribution in [2.75, 3.05) is 26.2 Å². The Morgan fingerprint density at radius 3 is 2.85 bits per heavy atom. The maximum absolute atomic E-state index is 13.0. The SMILES string of the molecule is O=C(NCC1CC1)[C@@H]1CN(C(=O)Cc2ccc(F)cn2)C[C@H]2OCC[C@H]21. The summed E-state index contributed by atoms with van der Waals surface area (Å²) in [5.74, 6) is 0.101. The van der Waals surface area contributed by atoms with Crippen LogP contribution < -0.4 is 5.32 Å². The first-order valence-electron chi connectivity index (χ1n) is 9.37. The summed E-state index contributed by atoms with van der Waals surface area (Å²) in [4.78, 5) is 31.0. The average Bonchev–Trinajstić information content (AvgIpc) is 3.35. The van der Waals surface area contributed by atoms with Crippen LogP contribution >= 0.6 is 0 Å². The predicted molar refractivity (Wildman–Crippen MR) is 91.5 cm³/mol. The standard InChI is InChI=1S/C19H24FN3O3/c20-13-3-4-14(21-9-13)7-18(24)23-10-16(15-5-6-26-17(15)11-23)19(25)22-8-12-1-2-12/h3-4,9,12,15-17H,1-2,5-8,10-11H2,(H,22,25)/t15-,16+,17+/m0/s1. The monoisotopic (exact) mass is 361 g/mol. The number of halogens is 1. The molecular weight excluding hydrogens is 337 g/mol. The van der Waals surface area contributed by atoms with Crippen molar-refractivity contribution in [2.45, 2.75) is 31.8 Å². The lowest BCUT2D eigenvalue weighted by Crippen LogP contribution is -2.54. The van der Waals surface area contributed by atoms with E-state index in [1.807, 2.05) is 0 Å². The number of carbonyl (C=O) groups excluding carboxylic acids is 2. The molecule has 3 heterocycles. The first kappa shape index (κ1) is 17.4. The van der Waals surface area contributed by atoms with Gasteiger partial charge in [0.1, 0.15) is 5.82 Å². The van der Waals surface area contributed by atoms with Gasteiger partial charge in [-0.15, -0.1) is 0 Å². The van der Waals surface area contributed by atoms with Crippen LogP contribution in [0.5, 0.6) is 0 Å². The maximum atomic E-state index is 13.0. The van der Waals surface area contributed by atoms with Crippen LogP contribution in [0.1, 0.15) is 25.0 Å². The number of fused-ring (bicyclic) bond motifs is 1. The van der Waals surface area contributed by atoms with Gasteiger partial charge in [-0.05, 0) is 37.3 Å². The van der Waals surface area contributed by atoms with E-state index in [1.54, 1.807) is 4.90 Å². The van der Waals surface area contributed by atoms with Gasteiger partial charge in [-0.3, -0.25) is 14.6 Å². The van der Waals surface area contributed by atoms with E-state index in [9.17, 15) is 14.0 Å². The number of aromatic nitrogens is 1. The van der Waals surface area contributed by atoms with Crippen molar-refractivity contribution in [1.82, 2.24) is 15.2 Å². The number of rotatable bonds is 5. The van der Waals surface area contributed by atoms with Gasteiger partial charge < -0.3 is 15.0 Å². The highest BCUT2D eigenvalue weighted by Crippen LogP contribution is 2.34. The number of piperidine rings is 1. The van der Waals surface area contributed by atoms with Gasteiger partial charge in [-0.2, -0.15) is 0 Å². The van der Waals surface area contributed by atoms with Crippen LogP contribution in [0.4, 0.5) is 4.39 Å². The van der Waals surface area contributed by atoms with Crippen LogP contribution in [-0.2, 0) is 20.7 Å². The number of amides is 2. The van der Waals surface area contributed by atoms with Crippen molar-refractivity contribution in [2.24, 2.45) is 17.8 Å². The topological polar surface area (TPSA) is 71.5 Å². The second kappa shape index (κ2) is 7.31. The molecule has 1 saturated carbocycles. The fourth-order valence-electron chi connectivity index (χ4n) is 3.93. The van der Waals surface area contributed by atoms with Crippen LogP contribution in [0.25, 0.3) is 0 Å². The fourth-order valence-corrected chi connectivity index (χ4v) is 3.93. The Bertz CT molecular complexity index is 677. The Balaban J connectivity index is 1.41. The van der Waals surface area contributed by atoms with Crippen LogP contribution in [0, 0.1) is 23.6 Å². The molecule has 0 unspecified atom stereocenters. The average molecular weight is 361 g/mol. The minimum Gasteiger partial charge on any atom is -0.376 e. The summed E-state index contributed by atoms with van der Waals surface area (Å²) < 4.78 is 18.8. The fraction of sp³-hybridized carbons (Fsp3) is 0.632. The van der Waals surface area contributed by atoms with Crippen molar-refractivity contribution in [3.63, 3.8) is 0 Å². The number of hydrogen-bond donors (Lipinski definition) is 1. The molecule has 1 aromatic heterocycles. The van der Waals surface area contributed by atoms with Crippen molar-refractivity contribution in [3.05, 3.63) is 29.8 Å². The molecule has 3 aliphatic rings. The molecule has 0 aromatic carbocycles. The summed E-state index contributed by atoms with van der Waals surface area (Å²) in [7, 11) is 0. The van der Waals surface area contributed by atoms with Crippen LogP contribution in [0.15, 0.2) is 18.3 Å². The zero-order valence-corrected chi connectivity index (χ0v) is 14.7. The third kappa shape index (κ3) is 3.87. The molecule has 26 heavy (non-hydrogen) atoms. The molecule has 4 rings (SSSR count). The van der Waals surface area contributed by atoms with Gasteiger partial charge in [0.15, 0.2) is 0 Å². The van der Waals surface area contributed by atoms with E-state index in [0.717, 1.165) is 19.2 Å². The van der Waals surface area contributed by atoms with Gasteiger partial charge in [-0.1, -0.05) is 0 Å². The number of likely N-dealkylation sites (tertiary alicyclic amines) is 1. The zero-order chi connectivity index (χ0) is 18.1. The maximum Gasteiger partial charge on any atom is 0.228 e. The molecule has 6 nitrogen and oxygen atoms in total. The lowest BCUT2D eigenvalue weighted by atomic mass is 9.82. The molecule has 0 bridgehead atoms. The summed E-state index contributed by atoms with van der Waals surface area (Å²) in [6.45, 7) is 2.31. The molecular formula is C19H24FN3O3. The molecule has 2 aliphatic heterocycles. The highest BCUT2D eigenvalue weighted by Gasteiger charge is 2.45. The largest absolute Gasteiger partial charge is 0.376 e. The normalized spacial score (nSPS) is 27.9. The highest BCUT2D eigenvalue weighted by molar-refractivity contribution is 5.82. The molecule has 3 atom stereocenters. The molecule has 2 amide bonds. The smallest absolute Gasteiger partial charge is 0.228 e. The number of hydrogen-bond acceptors (Lipinski definition) is 4. The van der Waals surface area contributed by atoms with E-state index in [2.05, 4.69) is 10.3 Å². The van der Waals surface area contributed by atoms with Gasteiger partial charge >= 0.3 is 0 Å². The molecule has 1 aromatic rings. The van der Waals surface area contributed by atoms with Gasteiger partial charge in [0.25, 0.3) is 0 Å². The quantitative estimate of drug-likeness (QED) is 0.854. The molecule has 140 valence electrons. The number of pyridine rings is 1. The van der Waals surface area contributed by atoms with E-state index in [4.69, 9.17) is 4.74 Å². The Hall–Kier alpha value is -2.02. The molecule has 0 radical (unpaired) electrons. The first-order chi connectivity index (χ1) is 12.6. The lowest BCUT2D eigenvalue weighted by molar-refractivity contribution is -0.141. The molecule has 3 fully saturated rings. The third-order valence-electron chi connectivity index (χ3n) is 5.67. The van der Waals surface area contributed by atoms with E-state index in [0.29, 0.717) is 31.3 Å². The molecule has 1 N–H and O–H groups in total. The van der Waals surface area contributed by atoms with Crippen molar-refractivity contribution in [1.29, 1.82) is 0 Å². The molecule has 1 aliphatic carbocycles. The Kier molecular flexibility index (Phi) is 4.89. The summed E-state index contributed by atoms with van der Waals surface area (Å²) in [5, 5.41) is 3.06. The van der Waals surface area contributed by atoms with Crippen molar-refractivity contribution in [3.8, 4) is 0 Å². The van der Waals surface area contributed by atoms with Crippen molar-refractivity contribution < 1.29 is 18.7 Å². The van der Waals surface area contributed by atoms with Gasteiger partial charge in [0.2, 0.25) is 11.8 Å². The zero-order valence-electron chi connectivity index (χ0n) is 14.7. The Morgan fingerprint density at radius 2 is 2.12 bits per heavy atom. The number of carbonyl (C=O) groups is 2. The van der Waals surface area contributed by atoms with Gasteiger partial charge in [-0.25, -0.2) is 4.39 Å². The highest BCUT2D eigenvalue weighted by atomic mass is 19.1. The van der Waals surface area contributed by atoms with E-state index >= 15 is 0 Å². The van der Waals surface area contributed by atoms with E-state index < -0.39 is 5.82 Å². The van der Waals surface area contributed by atoms with E-state index in [-0.39, 0.29) is 36.2 Å². The molecule has 7 heteroatoms. The number of ether oxygens (including phenoxy) is 1. The van der Waals surface area contributed by atoms with Gasteiger partial charge in [0.05, 0.1) is 24.6 Å². The summed E-state index contributed by atoms with van der Waals surface area (Å²) in [5.41, 5.74) is 0.528. The predicted octanol–water partition coefficient (Wildman–Crippen LogP) is 1.15. The second-order valence-electron chi connectivity index (χ2n) is 7.60. The third-order valence-corrected chi connectivity index (χ3v) is 5.67. The lowest BCUT2D eigenvalue weighted by Gasteiger charge is -2.39. The summed E-state index contributed by atoms with van der Waals surface area (Å²) in [6, 6.07) is 2.82. The first-order valence-corrected chi connectivity index (χ1v) is 9.37. The van der Waals surface area contributed by atoms with E-state index in [1.165, 1.54) is 25.0 Å². The minimum atomic E-state index is -0.422. The second-order valence-corrected chi connectivity index (χ2v) is 7.60. The van der Waals surface area contributed by atoms with Crippen molar-refractivity contribution >= 4 is 11.8 Å². The summed E-state index contributed by atoms with van der Waals surface area (Å²) >= 11 is 0. The van der Waals surface area contributed by atoms with Crippen LogP contribution in [-0.4, -0.2) is 54.0 Å². The summed E-state index contributed by atoms with van der Waals surface area (Å²) in [6.07, 6.45) is 4.39. The number of nitrogens with zero attached hydrogens (tertiary/aromatic N) is 2. The van der Waals surface area contributed by atoms with Crippen LogP contribution in [0.2, 0.25) is 0 Å². The minimum absolute atomic E-state index is 0.0369. The Labute approximate surface area is 152 Å². The molecule has 0 spiro atoms. The molecule has 2 saturated heterocycles. The number of nitrogens with one attached hydrogen (secondary N) is 1.